The number of hydrogen-bond donors (Lipinski definition) is 0. The molecule has 5 heteroatoms. The van der Waals surface area contributed by atoms with Crippen LogP contribution in [0.3, 0.4) is 0 Å². The van der Waals surface area contributed by atoms with Gasteiger partial charge in [0, 0.05) is 31.0 Å². The molecule has 4 rings (SSSR count). The first-order chi connectivity index (χ1) is 11.2. The van der Waals surface area contributed by atoms with Crippen LogP contribution in [0.2, 0.25) is 0 Å². The van der Waals surface area contributed by atoms with Crippen LogP contribution in [0.5, 0.6) is 0 Å². The molecule has 0 saturated heterocycles. The van der Waals surface area contributed by atoms with Crippen LogP contribution in [0.15, 0.2) is 60.0 Å². The molecular formula is C18H16N4O. The molecule has 4 aromatic rings. The summed E-state index contributed by atoms with van der Waals surface area (Å²) < 4.78 is 3.69. The molecule has 0 N–H and O–H groups in total. The van der Waals surface area contributed by atoms with E-state index in [1.807, 2.05) is 35.0 Å². The van der Waals surface area contributed by atoms with Crippen molar-refractivity contribution < 1.29 is 0 Å². The minimum absolute atomic E-state index is 0.0399. The average molecular weight is 304 g/mol. The zero-order chi connectivity index (χ0) is 15.8. The summed E-state index contributed by atoms with van der Waals surface area (Å²) in [7, 11) is 0. The van der Waals surface area contributed by atoms with Gasteiger partial charge in [0.1, 0.15) is 5.65 Å². The van der Waals surface area contributed by atoms with Crippen molar-refractivity contribution in [2.75, 3.05) is 0 Å². The van der Waals surface area contributed by atoms with Crippen LogP contribution in [0.1, 0.15) is 18.2 Å². The van der Waals surface area contributed by atoms with E-state index >= 15 is 0 Å². The standard InChI is InChI=1S/C18H16N4O/c1-2-13-3-4-17-20-15(12-22(17)10-13)11-21-8-6-14-5-7-19-9-16(14)18(21)23/h3-10,12H,2,11H2,1H3. The van der Waals surface area contributed by atoms with Crippen LogP contribution in [0.4, 0.5) is 0 Å². The van der Waals surface area contributed by atoms with Gasteiger partial charge in [-0.2, -0.15) is 0 Å². The molecule has 0 spiro atoms. The second kappa shape index (κ2) is 5.35. The lowest BCUT2D eigenvalue weighted by atomic mass is 10.2. The summed E-state index contributed by atoms with van der Waals surface area (Å²) in [6.07, 6.45) is 10.2. The van der Waals surface area contributed by atoms with Crippen molar-refractivity contribution in [2.45, 2.75) is 19.9 Å². The molecule has 0 atom stereocenters. The van der Waals surface area contributed by atoms with Crippen LogP contribution in [0.25, 0.3) is 16.4 Å². The average Bonchev–Trinajstić information content (AvgIpc) is 2.99. The first-order valence-corrected chi connectivity index (χ1v) is 7.64. The van der Waals surface area contributed by atoms with E-state index in [1.54, 1.807) is 17.0 Å². The highest BCUT2D eigenvalue weighted by molar-refractivity contribution is 5.80. The normalized spacial score (nSPS) is 11.3. The number of hydrogen-bond acceptors (Lipinski definition) is 3. The summed E-state index contributed by atoms with van der Waals surface area (Å²) in [5.41, 5.74) is 2.98. The molecule has 4 heterocycles. The van der Waals surface area contributed by atoms with E-state index in [-0.39, 0.29) is 5.56 Å². The predicted octanol–water partition coefficient (Wildman–Crippen LogP) is 2.65. The highest BCUT2D eigenvalue weighted by Gasteiger charge is 2.06. The summed E-state index contributed by atoms with van der Waals surface area (Å²) in [5, 5.41) is 1.54. The minimum atomic E-state index is -0.0399. The third kappa shape index (κ3) is 2.40. The largest absolute Gasteiger partial charge is 0.309 e. The summed E-state index contributed by atoms with van der Waals surface area (Å²) in [6.45, 7) is 2.58. The Morgan fingerprint density at radius 2 is 2.04 bits per heavy atom. The smallest absolute Gasteiger partial charge is 0.260 e. The second-order valence-electron chi connectivity index (χ2n) is 5.60. The van der Waals surface area contributed by atoms with Crippen molar-refractivity contribution in [3.05, 3.63) is 76.9 Å². The van der Waals surface area contributed by atoms with Gasteiger partial charge >= 0.3 is 0 Å². The molecule has 23 heavy (non-hydrogen) atoms. The van der Waals surface area contributed by atoms with Gasteiger partial charge < -0.3 is 8.97 Å². The molecule has 0 unspecified atom stereocenters. The topological polar surface area (TPSA) is 52.2 Å². The third-order valence-electron chi connectivity index (χ3n) is 4.08. The van der Waals surface area contributed by atoms with Gasteiger partial charge in [-0.1, -0.05) is 13.0 Å². The van der Waals surface area contributed by atoms with Crippen LogP contribution >= 0.6 is 0 Å². The molecular weight excluding hydrogens is 288 g/mol. The second-order valence-corrected chi connectivity index (χ2v) is 5.60. The number of fused-ring (bicyclic) bond motifs is 2. The predicted molar refractivity (Wildman–Crippen MR) is 89.7 cm³/mol. The number of rotatable bonds is 3. The van der Waals surface area contributed by atoms with Crippen molar-refractivity contribution in [3.63, 3.8) is 0 Å². The molecule has 0 fully saturated rings. The van der Waals surface area contributed by atoms with Crippen LogP contribution in [0, 0.1) is 0 Å². The fourth-order valence-electron chi connectivity index (χ4n) is 2.80. The highest BCUT2D eigenvalue weighted by atomic mass is 16.1. The van der Waals surface area contributed by atoms with E-state index in [2.05, 4.69) is 29.2 Å². The number of pyridine rings is 3. The Labute approximate surface area is 132 Å². The van der Waals surface area contributed by atoms with Crippen molar-refractivity contribution in [1.29, 1.82) is 0 Å². The van der Waals surface area contributed by atoms with Gasteiger partial charge in [-0.3, -0.25) is 9.78 Å². The maximum absolute atomic E-state index is 12.5. The minimum Gasteiger partial charge on any atom is -0.309 e. The molecule has 0 saturated carbocycles. The third-order valence-corrected chi connectivity index (χ3v) is 4.08. The molecule has 5 nitrogen and oxygen atoms in total. The molecule has 114 valence electrons. The SMILES string of the molecule is CCc1ccc2nc(Cn3ccc4ccncc4c3=O)cn2c1. The zero-order valence-electron chi connectivity index (χ0n) is 12.8. The van der Waals surface area contributed by atoms with E-state index in [4.69, 9.17) is 0 Å². The van der Waals surface area contributed by atoms with Crippen molar-refractivity contribution in [3.8, 4) is 0 Å². The van der Waals surface area contributed by atoms with Gasteiger partial charge in [0.25, 0.3) is 5.56 Å². The van der Waals surface area contributed by atoms with Crippen LogP contribution < -0.4 is 5.56 Å². The Morgan fingerprint density at radius 3 is 2.91 bits per heavy atom. The van der Waals surface area contributed by atoms with Crippen LogP contribution in [-0.4, -0.2) is 18.9 Å². The first-order valence-electron chi connectivity index (χ1n) is 7.64. The first kappa shape index (κ1) is 13.7. The number of imidazole rings is 1. The van der Waals surface area contributed by atoms with E-state index in [0.717, 1.165) is 23.1 Å². The lowest BCUT2D eigenvalue weighted by Crippen LogP contribution is -2.20. The molecule has 0 aliphatic rings. The maximum Gasteiger partial charge on any atom is 0.260 e. The van der Waals surface area contributed by atoms with Crippen molar-refractivity contribution >= 4 is 16.4 Å². The van der Waals surface area contributed by atoms with Gasteiger partial charge in [-0.05, 0) is 35.6 Å². The number of nitrogens with zero attached hydrogens (tertiary/aromatic N) is 4. The van der Waals surface area contributed by atoms with Crippen LogP contribution in [-0.2, 0) is 13.0 Å². The van der Waals surface area contributed by atoms with Crippen molar-refractivity contribution in [1.82, 2.24) is 18.9 Å². The fourth-order valence-corrected chi connectivity index (χ4v) is 2.80. The summed E-state index contributed by atoms with van der Waals surface area (Å²) >= 11 is 0. The van der Waals surface area contributed by atoms with E-state index < -0.39 is 0 Å². The van der Waals surface area contributed by atoms with Gasteiger partial charge in [-0.15, -0.1) is 0 Å². The fraction of sp³-hybridized carbons (Fsp3) is 0.167. The summed E-state index contributed by atoms with van der Waals surface area (Å²) in [6, 6.07) is 7.87. The molecule has 0 aliphatic carbocycles. The Balaban J connectivity index is 1.75. The lowest BCUT2D eigenvalue weighted by molar-refractivity contribution is 0.752. The van der Waals surface area contributed by atoms with E-state index in [0.29, 0.717) is 11.9 Å². The quantitative estimate of drug-likeness (QED) is 0.585. The molecule has 0 bridgehead atoms. The number of aryl methyl sites for hydroxylation is 1. The Hall–Kier alpha value is -2.95. The molecule has 0 amide bonds. The highest BCUT2D eigenvalue weighted by Crippen LogP contribution is 2.11. The number of aromatic nitrogens is 4. The molecule has 0 aliphatic heterocycles. The van der Waals surface area contributed by atoms with Gasteiger partial charge in [0.05, 0.1) is 17.6 Å². The van der Waals surface area contributed by atoms with Crippen molar-refractivity contribution in [2.24, 2.45) is 0 Å². The summed E-state index contributed by atoms with van der Waals surface area (Å²) in [4.78, 5) is 21.2. The Kier molecular flexibility index (Phi) is 3.19. The van der Waals surface area contributed by atoms with E-state index in [9.17, 15) is 4.79 Å². The Morgan fingerprint density at radius 1 is 1.13 bits per heavy atom. The van der Waals surface area contributed by atoms with Gasteiger partial charge in [-0.25, -0.2) is 4.98 Å². The maximum atomic E-state index is 12.5. The molecule has 4 aromatic heterocycles. The Bertz CT molecular complexity index is 1060. The molecule has 0 radical (unpaired) electrons. The zero-order valence-corrected chi connectivity index (χ0v) is 12.8. The monoisotopic (exact) mass is 304 g/mol. The lowest BCUT2D eigenvalue weighted by Gasteiger charge is -2.04. The molecule has 0 aromatic carbocycles. The van der Waals surface area contributed by atoms with Gasteiger partial charge in [0.15, 0.2) is 0 Å². The van der Waals surface area contributed by atoms with E-state index in [1.165, 1.54) is 5.56 Å². The van der Waals surface area contributed by atoms with Gasteiger partial charge in [0.2, 0.25) is 0 Å². The summed E-state index contributed by atoms with van der Waals surface area (Å²) in [5.74, 6) is 0.